The van der Waals surface area contributed by atoms with Crippen LogP contribution in [-0.4, -0.2) is 31.5 Å². The van der Waals surface area contributed by atoms with Crippen LogP contribution in [0.5, 0.6) is 0 Å². The predicted octanol–water partition coefficient (Wildman–Crippen LogP) is 1.74. The van der Waals surface area contributed by atoms with Gasteiger partial charge in [-0.1, -0.05) is 0 Å². The first-order valence-corrected chi connectivity index (χ1v) is 5.56. The van der Waals surface area contributed by atoms with Crippen molar-refractivity contribution >= 4 is 21.6 Å². The molecule has 0 aromatic heterocycles. The average molecular weight is 285 g/mol. The standard InChI is InChI=1S/C11H13BrN2O2/c1-16-7-9(6-15)14-11-3-2-8(5-13)4-10(11)12/h2-4,9,14-15H,6-7H2,1H3. The lowest BCUT2D eigenvalue weighted by Crippen LogP contribution is -2.28. The third-order valence-corrected chi connectivity index (χ3v) is 2.70. The normalized spacial score (nSPS) is 11.9. The van der Waals surface area contributed by atoms with Crippen molar-refractivity contribution in [3.8, 4) is 6.07 Å². The van der Waals surface area contributed by atoms with E-state index in [9.17, 15) is 0 Å². The average Bonchev–Trinajstić information content (AvgIpc) is 2.30. The minimum atomic E-state index is -0.158. The van der Waals surface area contributed by atoms with Gasteiger partial charge in [0.25, 0.3) is 0 Å². The van der Waals surface area contributed by atoms with Gasteiger partial charge in [0.15, 0.2) is 0 Å². The van der Waals surface area contributed by atoms with E-state index >= 15 is 0 Å². The van der Waals surface area contributed by atoms with Crippen LogP contribution in [0.3, 0.4) is 0 Å². The smallest absolute Gasteiger partial charge is 0.0992 e. The second-order valence-corrected chi connectivity index (χ2v) is 4.14. The van der Waals surface area contributed by atoms with E-state index in [0.717, 1.165) is 10.2 Å². The van der Waals surface area contributed by atoms with Gasteiger partial charge in [0.2, 0.25) is 0 Å². The fraction of sp³-hybridized carbons (Fsp3) is 0.364. The quantitative estimate of drug-likeness (QED) is 0.865. The molecule has 86 valence electrons. The molecule has 0 aliphatic heterocycles. The van der Waals surface area contributed by atoms with Gasteiger partial charge >= 0.3 is 0 Å². The zero-order valence-electron chi connectivity index (χ0n) is 8.90. The molecule has 0 bridgehead atoms. The summed E-state index contributed by atoms with van der Waals surface area (Å²) in [5.74, 6) is 0. The molecule has 1 unspecified atom stereocenters. The number of nitrogens with one attached hydrogen (secondary N) is 1. The van der Waals surface area contributed by atoms with Gasteiger partial charge in [-0.3, -0.25) is 0 Å². The van der Waals surface area contributed by atoms with E-state index in [1.54, 1.807) is 25.3 Å². The van der Waals surface area contributed by atoms with Crippen LogP contribution >= 0.6 is 15.9 Å². The molecular weight excluding hydrogens is 272 g/mol. The van der Waals surface area contributed by atoms with Gasteiger partial charge in [0.05, 0.1) is 30.9 Å². The molecule has 0 aliphatic rings. The third-order valence-electron chi connectivity index (χ3n) is 2.05. The summed E-state index contributed by atoms with van der Waals surface area (Å²) in [5.41, 5.74) is 1.42. The molecule has 1 rings (SSSR count). The fourth-order valence-electron chi connectivity index (χ4n) is 1.26. The number of methoxy groups -OCH3 is 1. The highest BCUT2D eigenvalue weighted by molar-refractivity contribution is 9.10. The number of rotatable bonds is 5. The second-order valence-electron chi connectivity index (χ2n) is 3.29. The number of anilines is 1. The highest BCUT2D eigenvalue weighted by atomic mass is 79.9. The lowest BCUT2D eigenvalue weighted by molar-refractivity contribution is 0.153. The lowest BCUT2D eigenvalue weighted by atomic mass is 10.2. The number of aliphatic hydroxyl groups is 1. The molecule has 4 nitrogen and oxygen atoms in total. The van der Waals surface area contributed by atoms with Crippen LogP contribution in [0.25, 0.3) is 0 Å². The Labute approximate surface area is 103 Å². The first-order valence-electron chi connectivity index (χ1n) is 4.77. The maximum Gasteiger partial charge on any atom is 0.0992 e. The Hall–Kier alpha value is -1.09. The lowest BCUT2D eigenvalue weighted by Gasteiger charge is -2.17. The molecule has 16 heavy (non-hydrogen) atoms. The summed E-state index contributed by atoms with van der Waals surface area (Å²) in [7, 11) is 1.58. The van der Waals surface area contributed by atoms with E-state index in [1.165, 1.54) is 0 Å². The van der Waals surface area contributed by atoms with Crippen molar-refractivity contribution < 1.29 is 9.84 Å². The molecular formula is C11H13BrN2O2. The predicted molar refractivity (Wildman–Crippen MR) is 65.2 cm³/mol. The minimum Gasteiger partial charge on any atom is -0.394 e. The molecule has 0 radical (unpaired) electrons. The molecule has 0 aliphatic carbocycles. The summed E-state index contributed by atoms with van der Waals surface area (Å²) in [6.45, 7) is 0.406. The Balaban J connectivity index is 2.77. The molecule has 0 heterocycles. The monoisotopic (exact) mass is 284 g/mol. The molecule has 0 spiro atoms. The summed E-state index contributed by atoms with van der Waals surface area (Å²) in [6.07, 6.45) is 0. The van der Waals surface area contributed by atoms with Gasteiger partial charge in [0.1, 0.15) is 0 Å². The topological polar surface area (TPSA) is 65.3 Å². The molecule has 0 fully saturated rings. The Morgan fingerprint density at radius 2 is 2.38 bits per heavy atom. The van der Waals surface area contributed by atoms with Crippen LogP contribution in [0.15, 0.2) is 22.7 Å². The van der Waals surface area contributed by atoms with Gasteiger partial charge in [0, 0.05) is 17.3 Å². The maximum absolute atomic E-state index is 9.10. The number of hydrogen-bond donors (Lipinski definition) is 2. The summed E-state index contributed by atoms with van der Waals surface area (Å²) >= 11 is 3.36. The fourth-order valence-corrected chi connectivity index (χ4v) is 1.76. The molecule has 1 aromatic rings. The van der Waals surface area contributed by atoms with E-state index in [0.29, 0.717) is 12.2 Å². The number of benzene rings is 1. The van der Waals surface area contributed by atoms with Crippen LogP contribution in [0, 0.1) is 11.3 Å². The third kappa shape index (κ3) is 3.49. The van der Waals surface area contributed by atoms with Crippen LogP contribution in [0.1, 0.15) is 5.56 Å². The first-order chi connectivity index (χ1) is 7.71. The van der Waals surface area contributed by atoms with Crippen molar-refractivity contribution in [2.24, 2.45) is 0 Å². The molecule has 0 saturated heterocycles. The van der Waals surface area contributed by atoms with E-state index < -0.39 is 0 Å². The summed E-state index contributed by atoms with van der Waals surface area (Å²) < 4.78 is 5.75. The number of ether oxygens (including phenoxy) is 1. The highest BCUT2D eigenvalue weighted by Gasteiger charge is 2.09. The molecule has 1 atom stereocenters. The van der Waals surface area contributed by atoms with Crippen molar-refractivity contribution in [3.05, 3.63) is 28.2 Å². The van der Waals surface area contributed by atoms with Gasteiger partial charge in [-0.2, -0.15) is 5.26 Å². The molecule has 1 aromatic carbocycles. The first kappa shape index (κ1) is 13.0. The van der Waals surface area contributed by atoms with Crippen molar-refractivity contribution in [1.82, 2.24) is 0 Å². The highest BCUT2D eigenvalue weighted by Crippen LogP contribution is 2.24. The van der Waals surface area contributed by atoms with E-state index in [2.05, 4.69) is 27.3 Å². The molecule has 0 amide bonds. The van der Waals surface area contributed by atoms with Crippen molar-refractivity contribution in [2.75, 3.05) is 25.6 Å². The maximum atomic E-state index is 9.10. The van der Waals surface area contributed by atoms with Crippen LogP contribution in [0.4, 0.5) is 5.69 Å². The number of halogens is 1. The summed E-state index contributed by atoms with van der Waals surface area (Å²) in [6, 6.07) is 7.13. The largest absolute Gasteiger partial charge is 0.394 e. The Kier molecular flexibility index (Phi) is 5.26. The molecule has 5 heteroatoms. The van der Waals surface area contributed by atoms with Crippen molar-refractivity contribution in [3.63, 3.8) is 0 Å². The van der Waals surface area contributed by atoms with Gasteiger partial charge in [-0.15, -0.1) is 0 Å². The van der Waals surface area contributed by atoms with Crippen LogP contribution in [-0.2, 0) is 4.74 Å². The second kappa shape index (κ2) is 6.48. The number of hydrogen-bond acceptors (Lipinski definition) is 4. The van der Waals surface area contributed by atoms with Gasteiger partial charge < -0.3 is 15.2 Å². The van der Waals surface area contributed by atoms with Gasteiger partial charge in [-0.25, -0.2) is 0 Å². The number of nitrogens with zero attached hydrogens (tertiary/aromatic N) is 1. The van der Waals surface area contributed by atoms with E-state index in [1.807, 2.05) is 0 Å². The Morgan fingerprint density at radius 1 is 1.62 bits per heavy atom. The summed E-state index contributed by atoms with van der Waals surface area (Å²) in [5, 5.41) is 20.9. The van der Waals surface area contributed by atoms with E-state index in [-0.39, 0.29) is 12.6 Å². The number of nitriles is 1. The summed E-state index contributed by atoms with van der Waals surface area (Å²) in [4.78, 5) is 0. The Bertz CT molecular complexity index is 390. The molecule has 0 saturated carbocycles. The van der Waals surface area contributed by atoms with Crippen molar-refractivity contribution in [1.29, 1.82) is 5.26 Å². The zero-order valence-corrected chi connectivity index (χ0v) is 10.5. The Morgan fingerprint density at radius 3 is 2.88 bits per heavy atom. The SMILES string of the molecule is COCC(CO)Nc1ccc(C#N)cc1Br. The van der Waals surface area contributed by atoms with Crippen LogP contribution < -0.4 is 5.32 Å². The van der Waals surface area contributed by atoms with E-state index in [4.69, 9.17) is 15.1 Å². The van der Waals surface area contributed by atoms with Gasteiger partial charge in [-0.05, 0) is 34.1 Å². The minimum absolute atomic E-state index is 0.0136. The number of aliphatic hydroxyl groups excluding tert-OH is 1. The molecule has 2 N–H and O–H groups in total. The van der Waals surface area contributed by atoms with Crippen LogP contribution in [0.2, 0.25) is 0 Å². The van der Waals surface area contributed by atoms with Crippen molar-refractivity contribution in [2.45, 2.75) is 6.04 Å². The zero-order chi connectivity index (χ0) is 12.0.